The molecular weight excluding hydrogens is 200 g/mol. The lowest BCUT2D eigenvalue weighted by molar-refractivity contribution is 0.265. The summed E-state index contributed by atoms with van der Waals surface area (Å²) < 4.78 is 4.80. The number of hydrogen-bond acceptors (Lipinski definition) is 4. The van der Waals surface area contributed by atoms with Gasteiger partial charge < -0.3 is 15.3 Å². The Labute approximate surface area is 66.2 Å². The van der Waals surface area contributed by atoms with Gasteiger partial charge in [0.1, 0.15) is 6.26 Å². The van der Waals surface area contributed by atoms with Gasteiger partial charge in [-0.1, -0.05) is 0 Å². The van der Waals surface area contributed by atoms with E-state index in [4.69, 9.17) is 15.3 Å². The molecule has 10 heavy (non-hydrogen) atoms. The van der Waals surface area contributed by atoms with E-state index in [2.05, 4.69) is 20.9 Å². The first-order valence-electron chi connectivity index (χ1n) is 2.71. The fourth-order valence-electron chi connectivity index (χ4n) is 0.527. The number of oxazole rings is 1. The van der Waals surface area contributed by atoms with Crippen molar-refractivity contribution in [2.75, 3.05) is 6.61 Å². The Balaban J connectivity index is 2.74. The monoisotopic (exact) mass is 206 g/mol. The van der Waals surface area contributed by atoms with Gasteiger partial charge in [-0.25, -0.2) is 4.98 Å². The Morgan fingerprint density at radius 3 is 3.00 bits per heavy atom. The van der Waals surface area contributed by atoms with E-state index in [1.165, 1.54) is 6.26 Å². The summed E-state index contributed by atoms with van der Waals surface area (Å²) in [5.74, 6) is 0. The van der Waals surface area contributed by atoms with E-state index in [9.17, 15) is 0 Å². The molecule has 0 amide bonds. The van der Waals surface area contributed by atoms with Crippen LogP contribution >= 0.6 is 15.9 Å². The molecule has 3 N–H and O–H groups in total. The second-order valence-electron chi connectivity index (χ2n) is 1.81. The van der Waals surface area contributed by atoms with E-state index in [0.29, 0.717) is 10.5 Å². The maximum atomic E-state index is 8.58. The average molecular weight is 207 g/mol. The van der Waals surface area contributed by atoms with Crippen molar-refractivity contribution in [3.63, 3.8) is 0 Å². The molecule has 56 valence electrons. The maximum absolute atomic E-state index is 8.58. The first-order chi connectivity index (χ1) is 4.74. The van der Waals surface area contributed by atoms with Gasteiger partial charge in [-0.15, -0.1) is 0 Å². The highest BCUT2D eigenvalue weighted by Crippen LogP contribution is 2.12. The molecule has 1 atom stereocenters. The van der Waals surface area contributed by atoms with Gasteiger partial charge in [0.25, 0.3) is 4.80 Å². The Hall–Kier alpha value is -0.390. The fraction of sp³-hybridized carbons (Fsp3) is 0.400. The van der Waals surface area contributed by atoms with Crippen LogP contribution in [0, 0.1) is 0 Å². The number of halogens is 1. The summed E-state index contributed by atoms with van der Waals surface area (Å²) in [6.45, 7) is -0.126. The standard InChI is InChI=1S/C5H7BrN2O2/c6-5-8-4(2-10-5)3(7)1-9/h2-3,9H,1,7H2. The molecule has 5 heteroatoms. The summed E-state index contributed by atoms with van der Waals surface area (Å²) in [4.78, 5) is 4.23. The zero-order valence-electron chi connectivity index (χ0n) is 5.12. The highest BCUT2D eigenvalue weighted by Gasteiger charge is 2.08. The van der Waals surface area contributed by atoms with Gasteiger partial charge in [-0.05, 0) is 0 Å². The Kier molecular flexibility index (Phi) is 2.42. The van der Waals surface area contributed by atoms with Crippen molar-refractivity contribution >= 4 is 15.9 Å². The number of hydrogen-bond donors (Lipinski definition) is 2. The molecule has 0 aliphatic heterocycles. The van der Waals surface area contributed by atoms with Crippen molar-refractivity contribution in [1.29, 1.82) is 0 Å². The van der Waals surface area contributed by atoms with Crippen molar-refractivity contribution in [1.82, 2.24) is 4.98 Å². The van der Waals surface area contributed by atoms with Crippen LogP contribution in [0.3, 0.4) is 0 Å². The highest BCUT2D eigenvalue weighted by molar-refractivity contribution is 9.10. The third-order valence-electron chi connectivity index (χ3n) is 1.07. The molecule has 0 fully saturated rings. The largest absolute Gasteiger partial charge is 0.439 e. The molecular formula is C5H7BrN2O2. The summed E-state index contributed by atoms with van der Waals surface area (Å²) in [6, 6.07) is -0.449. The second-order valence-corrected chi connectivity index (χ2v) is 2.49. The highest BCUT2D eigenvalue weighted by atomic mass is 79.9. The number of nitrogens with two attached hydrogens (primary N) is 1. The molecule has 0 spiro atoms. The van der Waals surface area contributed by atoms with Crippen molar-refractivity contribution in [2.45, 2.75) is 6.04 Å². The average Bonchev–Trinajstić information content (AvgIpc) is 2.34. The maximum Gasteiger partial charge on any atom is 0.264 e. The van der Waals surface area contributed by atoms with Gasteiger partial charge in [0, 0.05) is 15.9 Å². The normalized spacial score (nSPS) is 13.5. The predicted octanol–water partition coefficient (Wildman–Crippen LogP) is 0.429. The Morgan fingerprint density at radius 2 is 2.60 bits per heavy atom. The topological polar surface area (TPSA) is 72.3 Å². The van der Waals surface area contributed by atoms with Crippen LogP contribution in [0.2, 0.25) is 0 Å². The van der Waals surface area contributed by atoms with Crippen molar-refractivity contribution in [2.24, 2.45) is 5.73 Å². The first kappa shape index (κ1) is 7.71. The lowest BCUT2D eigenvalue weighted by Crippen LogP contribution is -2.14. The molecule has 1 unspecified atom stereocenters. The summed E-state index contributed by atoms with van der Waals surface area (Å²) in [5.41, 5.74) is 5.96. The van der Waals surface area contributed by atoms with E-state index in [1.54, 1.807) is 0 Å². The first-order valence-corrected chi connectivity index (χ1v) is 3.50. The van der Waals surface area contributed by atoms with E-state index in [0.717, 1.165) is 0 Å². The Morgan fingerprint density at radius 1 is 1.90 bits per heavy atom. The molecule has 0 saturated carbocycles. The van der Waals surface area contributed by atoms with Gasteiger partial charge in [0.15, 0.2) is 0 Å². The molecule has 1 aromatic rings. The van der Waals surface area contributed by atoms with Crippen LogP contribution in [0.5, 0.6) is 0 Å². The number of nitrogens with zero attached hydrogens (tertiary/aromatic N) is 1. The molecule has 0 bridgehead atoms. The zero-order chi connectivity index (χ0) is 7.56. The van der Waals surface area contributed by atoms with Crippen LogP contribution in [0.15, 0.2) is 15.5 Å². The van der Waals surface area contributed by atoms with Crippen LogP contribution < -0.4 is 5.73 Å². The summed E-state index contributed by atoms with van der Waals surface area (Å²) in [5, 5.41) is 8.58. The van der Waals surface area contributed by atoms with Crippen LogP contribution in [0.25, 0.3) is 0 Å². The fourth-order valence-corrected chi connectivity index (χ4v) is 0.825. The lowest BCUT2D eigenvalue weighted by atomic mass is 10.3. The SMILES string of the molecule is NC(CO)c1coc(Br)n1. The summed E-state index contributed by atoms with van der Waals surface area (Å²) in [6.07, 6.45) is 1.41. The van der Waals surface area contributed by atoms with E-state index in [-0.39, 0.29) is 6.61 Å². The van der Waals surface area contributed by atoms with Crippen LogP contribution in [0.4, 0.5) is 0 Å². The van der Waals surface area contributed by atoms with E-state index >= 15 is 0 Å². The van der Waals surface area contributed by atoms with Crippen LogP contribution in [-0.2, 0) is 0 Å². The summed E-state index contributed by atoms with van der Waals surface area (Å²) >= 11 is 3.01. The van der Waals surface area contributed by atoms with Gasteiger partial charge in [-0.3, -0.25) is 0 Å². The van der Waals surface area contributed by atoms with Gasteiger partial charge in [0.2, 0.25) is 0 Å². The minimum Gasteiger partial charge on any atom is -0.439 e. The van der Waals surface area contributed by atoms with E-state index in [1.807, 2.05) is 0 Å². The quantitative estimate of drug-likeness (QED) is 0.737. The van der Waals surface area contributed by atoms with Crippen LogP contribution in [-0.4, -0.2) is 16.7 Å². The van der Waals surface area contributed by atoms with Gasteiger partial charge in [0.05, 0.1) is 18.3 Å². The molecule has 0 radical (unpaired) electrons. The van der Waals surface area contributed by atoms with Crippen LogP contribution in [0.1, 0.15) is 11.7 Å². The zero-order valence-corrected chi connectivity index (χ0v) is 6.71. The third-order valence-corrected chi connectivity index (χ3v) is 1.43. The minimum atomic E-state index is -0.449. The number of aliphatic hydroxyl groups is 1. The lowest BCUT2D eigenvalue weighted by Gasteiger charge is -1.99. The molecule has 1 rings (SSSR count). The van der Waals surface area contributed by atoms with E-state index < -0.39 is 6.04 Å². The Bertz CT molecular complexity index is 213. The summed E-state index contributed by atoms with van der Waals surface area (Å²) in [7, 11) is 0. The minimum absolute atomic E-state index is 0.126. The molecule has 4 nitrogen and oxygen atoms in total. The number of aromatic nitrogens is 1. The predicted molar refractivity (Wildman–Crippen MR) is 38.2 cm³/mol. The molecule has 1 aromatic heterocycles. The third kappa shape index (κ3) is 1.56. The molecule has 0 aliphatic carbocycles. The molecule has 0 aromatic carbocycles. The molecule has 1 heterocycles. The van der Waals surface area contributed by atoms with Gasteiger partial charge in [-0.2, -0.15) is 0 Å². The van der Waals surface area contributed by atoms with Crippen molar-refractivity contribution < 1.29 is 9.52 Å². The van der Waals surface area contributed by atoms with Crippen molar-refractivity contribution in [3.05, 3.63) is 16.8 Å². The van der Waals surface area contributed by atoms with Gasteiger partial charge >= 0.3 is 0 Å². The smallest absolute Gasteiger partial charge is 0.264 e. The molecule has 0 saturated heterocycles. The second kappa shape index (κ2) is 3.14. The van der Waals surface area contributed by atoms with Crippen molar-refractivity contribution in [3.8, 4) is 0 Å². The number of rotatable bonds is 2. The number of aliphatic hydroxyl groups excluding tert-OH is 1. The molecule has 0 aliphatic rings.